The Morgan fingerprint density at radius 2 is 2.00 bits per heavy atom. The zero-order chi connectivity index (χ0) is 18.7. The molecule has 1 aromatic carbocycles. The van der Waals surface area contributed by atoms with E-state index in [2.05, 4.69) is 0 Å². The minimum atomic E-state index is -1.58. The highest BCUT2D eigenvalue weighted by molar-refractivity contribution is 6.27. The molecule has 25 heavy (non-hydrogen) atoms. The van der Waals surface area contributed by atoms with Crippen LogP contribution in [0, 0.1) is 5.92 Å². The van der Waals surface area contributed by atoms with Gasteiger partial charge < -0.3 is 20.3 Å². The standard InChI is InChI=1S/C17H15NO7/c1-6(19)11-7(20)5-10-17(2,15(11)22)13-8(21)4-9(24-3)12(16(18)23)14(13)25-10/h4-5,11,21H,1-3H3,(H2,18,23)/t11?,17-/m1/s1. The van der Waals surface area contributed by atoms with E-state index >= 15 is 0 Å². The molecular formula is C17H15NO7. The predicted molar refractivity (Wildman–Crippen MR) is 83.4 cm³/mol. The van der Waals surface area contributed by atoms with Gasteiger partial charge in [-0.25, -0.2) is 0 Å². The van der Waals surface area contributed by atoms with Crippen LogP contribution in [0.4, 0.5) is 0 Å². The Kier molecular flexibility index (Phi) is 3.45. The molecule has 2 aliphatic rings. The number of nitrogens with two attached hydrogens (primary N) is 1. The minimum Gasteiger partial charge on any atom is -0.507 e. The lowest BCUT2D eigenvalue weighted by Crippen LogP contribution is -2.47. The molecule has 1 heterocycles. The maximum Gasteiger partial charge on any atom is 0.256 e. The maximum atomic E-state index is 12.9. The highest BCUT2D eigenvalue weighted by Gasteiger charge is 2.57. The first-order valence-corrected chi connectivity index (χ1v) is 7.37. The third-order valence-electron chi connectivity index (χ3n) is 4.61. The van der Waals surface area contributed by atoms with E-state index in [1.165, 1.54) is 14.0 Å². The Bertz CT molecular complexity index is 899. The summed E-state index contributed by atoms with van der Waals surface area (Å²) in [5.74, 6) is -5.03. The van der Waals surface area contributed by atoms with Crippen molar-refractivity contribution in [3.63, 3.8) is 0 Å². The first kappa shape index (κ1) is 16.7. The average molecular weight is 345 g/mol. The fourth-order valence-electron chi connectivity index (χ4n) is 3.37. The number of carbonyl (C=O) groups is 4. The molecular weight excluding hydrogens is 330 g/mol. The van der Waals surface area contributed by atoms with E-state index in [-0.39, 0.29) is 34.1 Å². The van der Waals surface area contributed by atoms with E-state index in [1.54, 1.807) is 0 Å². The molecule has 1 aliphatic heterocycles. The molecule has 8 nitrogen and oxygen atoms in total. The van der Waals surface area contributed by atoms with Crippen LogP contribution in [0.15, 0.2) is 17.9 Å². The van der Waals surface area contributed by atoms with Crippen molar-refractivity contribution in [3.8, 4) is 17.2 Å². The van der Waals surface area contributed by atoms with Gasteiger partial charge in [0.25, 0.3) is 5.91 Å². The Labute approximate surface area is 142 Å². The predicted octanol–water partition coefficient (Wildman–Crippen LogP) is 0.391. The van der Waals surface area contributed by atoms with Gasteiger partial charge in [0, 0.05) is 12.1 Å². The number of Topliss-reactive ketones (excluding diaryl/α,β-unsaturated/α-hetero) is 2. The van der Waals surface area contributed by atoms with Crippen LogP contribution in [0.2, 0.25) is 0 Å². The summed E-state index contributed by atoms with van der Waals surface area (Å²) in [6, 6.07) is 1.14. The van der Waals surface area contributed by atoms with Crippen LogP contribution in [-0.4, -0.2) is 35.5 Å². The van der Waals surface area contributed by atoms with Crippen molar-refractivity contribution in [1.82, 2.24) is 0 Å². The molecule has 1 unspecified atom stereocenters. The molecule has 0 aromatic heterocycles. The zero-order valence-corrected chi connectivity index (χ0v) is 13.7. The van der Waals surface area contributed by atoms with Gasteiger partial charge in [-0.05, 0) is 13.8 Å². The lowest BCUT2D eigenvalue weighted by atomic mass is 9.67. The molecule has 1 amide bonds. The second-order valence-corrected chi connectivity index (χ2v) is 6.09. The van der Waals surface area contributed by atoms with Crippen molar-refractivity contribution in [2.24, 2.45) is 11.7 Å². The van der Waals surface area contributed by atoms with Crippen molar-refractivity contribution < 1.29 is 33.8 Å². The van der Waals surface area contributed by atoms with Gasteiger partial charge in [0.1, 0.15) is 39.9 Å². The van der Waals surface area contributed by atoms with Crippen LogP contribution in [0.5, 0.6) is 17.2 Å². The van der Waals surface area contributed by atoms with E-state index in [0.717, 1.165) is 19.1 Å². The summed E-state index contributed by atoms with van der Waals surface area (Å²) >= 11 is 0. The summed E-state index contributed by atoms with van der Waals surface area (Å²) in [5, 5.41) is 10.4. The normalized spacial score (nSPS) is 24.1. The number of phenolic OH excluding ortho intramolecular Hbond substituents is 1. The second-order valence-electron chi connectivity index (χ2n) is 6.09. The number of rotatable bonds is 3. The lowest BCUT2D eigenvalue weighted by molar-refractivity contribution is -0.140. The van der Waals surface area contributed by atoms with Crippen molar-refractivity contribution in [3.05, 3.63) is 29.0 Å². The Balaban J connectivity index is 2.36. The van der Waals surface area contributed by atoms with Crippen molar-refractivity contribution in [2.75, 3.05) is 7.11 Å². The summed E-state index contributed by atoms with van der Waals surface area (Å²) in [4.78, 5) is 48.6. The van der Waals surface area contributed by atoms with Gasteiger partial charge in [0.05, 0.1) is 12.7 Å². The zero-order valence-electron chi connectivity index (χ0n) is 13.7. The largest absolute Gasteiger partial charge is 0.507 e. The van der Waals surface area contributed by atoms with E-state index in [9.17, 15) is 24.3 Å². The summed E-state index contributed by atoms with van der Waals surface area (Å²) in [5.41, 5.74) is 3.62. The molecule has 2 atom stereocenters. The molecule has 0 spiro atoms. The lowest BCUT2D eigenvalue weighted by Gasteiger charge is -2.30. The average Bonchev–Trinajstić information content (AvgIpc) is 2.80. The van der Waals surface area contributed by atoms with Crippen LogP contribution in [0.25, 0.3) is 0 Å². The molecule has 1 aliphatic carbocycles. The van der Waals surface area contributed by atoms with Crippen molar-refractivity contribution >= 4 is 23.3 Å². The van der Waals surface area contributed by atoms with Gasteiger partial charge in [0.2, 0.25) is 0 Å². The fraction of sp³-hybridized carbons (Fsp3) is 0.294. The van der Waals surface area contributed by atoms with Crippen molar-refractivity contribution in [1.29, 1.82) is 0 Å². The maximum absolute atomic E-state index is 12.9. The molecule has 130 valence electrons. The molecule has 0 saturated carbocycles. The molecule has 3 rings (SSSR count). The topological polar surface area (TPSA) is 133 Å². The monoisotopic (exact) mass is 345 g/mol. The Hall–Kier alpha value is -3.16. The number of ketones is 3. The second kappa shape index (κ2) is 5.17. The number of allylic oxidation sites excluding steroid dienone is 2. The van der Waals surface area contributed by atoms with Gasteiger partial charge in [0.15, 0.2) is 17.3 Å². The first-order chi connectivity index (χ1) is 11.6. The van der Waals surface area contributed by atoms with E-state index < -0.39 is 34.6 Å². The Morgan fingerprint density at radius 1 is 1.36 bits per heavy atom. The molecule has 8 heteroatoms. The number of aromatic hydroxyl groups is 1. The van der Waals surface area contributed by atoms with E-state index in [4.69, 9.17) is 15.2 Å². The number of hydrogen-bond donors (Lipinski definition) is 2. The minimum absolute atomic E-state index is 0.0166. The number of phenols is 1. The van der Waals surface area contributed by atoms with Crippen LogP contribution in [0.1, 0.15) is 29.8 Å². The number of hydrogen-bond acceptors (Lipinski definition) is 7. The number of methoxy groups -OCH3 is 1. The molecule has 1 aromatic rings. The summed E-state index contributed by atoms with van der Waals surface area (Å²) in [6.07, 6.45) is 1.05. The van der Waals surface area contributed by atoms with Gasteiger partial charge >= 0.3 is 0 Å². The van der Waals surface area contributed by atoms with Crippen molar-refractivity contribution in [2.45, 2.75) is 19.3 Å². The third kappa shape index (κ3) is 2.00. The summed E-state index contributed by atoms with van der Waals surface area (Å²) in [6.45, 7) is 2.56. The molecule has 0 bridgehead atoms. The van der Waals surface area contributed by atoms with Gasteiger partial charge in [-0.3, -0.25) is 19.2 Å². The fourth-order valence-corrected chi connectivity index (χ4v) is 3.37. The van der Waals surface area contributed by atoms with Crippen LogP contribution >= 0.6 is 0 Å². The SMILES string of the molecule is COc1cc(O)c2c(c1C(N)=O)OC1=CC(=O)C(C(C)=O)C(=O)[C@]12C. The van der Waals surface area contributed by atoms with Gasteiger partial charge in [-0.1, -0.05) is 0 Å². The van der Waals surface area contributed by atoms with Crippen LogP contribution < -0.4 is 15.2 Å². The number of ether oxygens (including phenoxy) is 2. The molecule has 3 N–H and O–H groups in total. The number of carbonyl (C=O) groups excluding carboxylic acids is 4. The quantitative estimate of drug-likeness (QED) is 0.757. The number of benzene rings is 1. The van der Waals surface area contributed by atoms with Gasteiger partial charge in [-0.2, -0.15) is 0 Å². The highest BCUT2D eigenvalue weighted by Crippen LogP contribution is 2.56. The van der Waals surface area contributed by atoms with Gasteiger partial charge in [-0.15, -0.1) is 0 Å². The molecule has 0 radical (unpaired) electrons. The number of amides is 1. The third-order valence-corrected chi connectivity index (χ3v) is 4.61. The van der Waals surface area contributed by atoms with Crippen LogP contribution in [-0.2, 0) is 19.8 Å². The van der Waals surface area contributed by atoms with Crippen LogP contribution in [0.3, 0.4) is 0 Å². The molecule has 0 saturated heterocycles. The van der Waals surface area contributed by atoms with E-state index in [1.807, 2.05) is 0 Å². The number of fused-ring (bicyclic) bond motifs is 3. The summed E-state index contributed by atoms with van der Waals surface area (Å²) < 4.78 is 10.6. The number of primary amides is 1. The highest BCUT2D eigenvalue weighted by atomic mass is 16.5. The first-order valence-electron chi connectivity index (χ1n) is 7.37. The summed E-state index contributed by atoms with van der Waals surface area (Å²) in [7, 11) is 1.27. The van der Waals surface area contributed by atoms with E-state index in [0.29, 0.717) is 0 Å². The Morgan fingerprint density at radius 3 is 2.52 bits per heavy atom. The smallest absolute Gasteiger partial charge is 0.256 e. The molecule has 0 fully saturated rings.